The van der Waals surface area contributed by atoms with Gasteiger partial charge >= 0.3 is 17.9 Å². The smallest absolute Gasteiger partial charge is 0.306 e. The summed E-state index contributed by atoms with van der Waals surface area (Å²) < 4.78 is 16.6. The lowest BCUT2D eigenvalue weighted by molar-refractivity contribution is -0.167. The monoisotopic (exact) mass is 853 g/mol. The Hall–Kier alpha value is -4.71. The molecule has 0 aromatic rings. The molecule has 0 amide bonds. The van der Waals surface area contributed by atoms with E-state index in [0.717, 1.165) is 116 Å². The number of hydrogen-bond donors (Lipinski definition) is 0. The summed E-state index contributed by atoms with van der Waals surface area (Å²) in [4.78, 5) is 37.8. The first-order chi connectivity index (χ1) is 30.5. The molecule has 0 radical (unpaired) electrons. The summed E-state index contributed by atoms with van der Waals surface area (Å²) in [6.07, 6.45) is 69.8. The van der Waals surface area contributed by atoms with Crippen molar-refractivity contribution in [3.63, 3.8) is 0 Å². The minimum Gasteiger partial charge on any atom is -0.462 e. The molecular formula is C56H84O6. The van der Waals surface area contributed by atoms with E-state index in [1.54, 1.807) is 0 Å². The van der Waals surface area contributed by atoms with Gasteiger partial charge in [-0.25, -0.2) is 0 Å². The normalized spacial score (nSPS) is 13.4. The minimum absolute atomic E-state index is 0.131. The van der Waals surface area contributed by atoms with Crippen LogP contribution in [0.1, 0.15) is 168 Å². The number of carbonyl (C=O) groups is 3. The van der Waals surface area contributed by atoms with E-state index in [2.05, 4.69) is 130 Å². The Morgan fingerprint density at radius 2 is 0.661 bits per heavy atom. The predicted molar refractivity (Wildman–Crippen MR) is 265 cm³/mol. The molecule has 0 heterocycles. The van der Waals surface area contributed by atoms with Crippen LogP contribution in [-0.2, 0) is 28.6 Å². The maximum absolute atomic E-state index is 12.7. The molecule has 0 rings (SSSR count). The van der Waals surface area contributed by atoms with Crippen molar-refractivity contribution >= 4 is 17.9 Å². The van der Waals surface area contributed by atoms with E-state index in [4.69, 9.17) is 14.2 Å². The van der Waals surface area contributed by atoms with Gasteiger partial charge in [0.15, 0.2) is 6.10 Å². The first-order valence-electron chi connectivity index (χ1n) is 23.9. The third-order valence-electron chi connectivity index (χ3n) is 9.16. The van der Waals surface area contributed by atoms with Crippen molar-refractivity contribution < 1.29 is 28.6 Å². The molecule has 0 aromatic heterocycles. The SMILES string of the molecule is CC\C=C/C=C\C=C/C=C\CCCCCC(=O)OC(COC(=O)CCCC/C=C\C/C=C\C/C=C\CC)COC(=O)CCCCC/C=C\C/C=C\C/C=C\C/C=C\C/C=C\CC. The van der Waals surface area contributed by atoms with E-state index in [1.807, 2.05) is 36.5 Å². The van der Waals surface area contributed by atoms with Crippen molar-refractivity contribution in [2.45, 2.75) is 175 Å². The van der Waals surface area contributed by atoms with Crippen LogP contribution in [0.5, 0.6) is 0 Å². The van der Waals surface area contributed by atoms with E-state index < -0.39 is 6.10 Å². The second kappa shape index (κ2) is 49.0. The zero-order valence-electron chi connectivity index (χ0n) is 39.1. The van der Waals surface area contributed by atoms with E-state index >= 15 is 0 Å². The number of unbranched alkanes of at least 4 members (excludes halogenated alkanes) is 8. The average molecular weight is 853 g/mol. The average Bonchev–Trinajstić information content (AvgIpc) is 3.27. The lowest BCUT2D eigenvalue weighted by Gasteiger charge is -2.18. The Morgan fingerprint density at radius 1 is 0.339 bits per heavy atom. The maximum atomic E-state index is 12.7. The van der Waals surface area contributed by atoms with Crippen LogP contribution < -0.4 is 0 Å². The van der Waals surface area contributed by atoms with Crippen LogP contribution in [0.2, 0.25) is 0 Å². The largest absolute Gasteiger partial charge is 0.462 e. The molecule has 62 heavy (non-hydrogen) atoms. The van der Waals surface area contributed by atoms with E-state index in [0.29, 0.717) is 19.3 Å². The second-order valence-electron chi connectivity index (χ2n) is 15.0. The molecular weight excluding hydrogens is 769 g/mol. The fourth-order valence-electron chi connectivity index (χ4n) is 5.67. The van der Waals surface area contributed by atoms with Gasteiger partial charge < -0.3 is 14.2 Å². The molecule has 0 aliphatic heterocycles. The van der Waals surface area contributed by atoms with Crippen molar-refractivity contribution in [1.82, 2.24) is 0 Å². The van der Waals surface area contributed by atoms with E-state index in [1.165, 1.54) is 0 Å². The van der Waals surface area contributed by atoms with Crippen LogP contribution in [-0.4, -0.2) is 37.2 Å². The molecule has 1 unspecified atom stereocenters. The van der Waals surface area contributed by atoms with E-state index in [9.17, 15) is 14.4 Å². The van der Waals surface area contributed by atoms with Crippen LogP contribution in [0, 0.1) is 0 Å². The number of allylic oxidation sites excluding steroid dienone is 24. The molecule has 6 heteroatoms. The third-order valence-corrected chi connectivity index (χ3v) is 9.16. The molecule has 0 aliphatic carbocycles. The molecule has 0 fully saturated rings. The Balaban J connectivity index is 4.57. The molecule has 0 N–H and O–H groups in total. The fraction of sp³-hybridized carbons (Fsp3) is 0.518. The number of carbonyl (C=O) groups excluding carboxylic acids is 3. The number of rotatable bonds is 40. The zero-order valence-corrected chi connectivity index (χ0v) is 39.1. The molecule has 0 saturated heterocycles. The van der Waals surface area contributed by atoms with Crippen molar-refractivity contribution in [3.05, 3.63) is 146 Å². The lowest BCUT2D eigenvalue weighted by Crippen LogP contribution is -2.30. The summed E-state index contributed by atoms with van der Waals surface area (Å²) in [5.74, 6) is -1.06. The highest BCUT2D eigenvalue weighted by molar-refractivity contribution is 5.71. The van der Waals surface area contributed by atoms with Gasteiger partial charge in [0.2, 0.25) is 0 Å². The summed E-state index contributed by atoms with van der Waals surface area (Å²) in [5, 5.41) is 0. The number of hydrogen-bond acceptors (Lipinski definition) is 6. The van der Waals surface area contributed by atoms with Gasteiger partial charge in [0, 0.05) is 19.3 Å². The number of esters is 3. The third kappa shape index (κ3) is 46.4. The topological polar surface area (TPSA) is 78.9 Å². The molecule has 0 saturated carbocycles. The first kappa shape index (κ1) is 57.3. The summed E-state index contributed by atoms with van der Waals surface area (Å²) in [7, 11) is 0. The predicted octanol–water partition coefficient (Wildman–Crippen LogP) is 15.7. The Bertz CT molecular complexity index is 1440. The first-order valence-corrected chi connectivity index (χ1v) is 23.9. The standard InChI is InChI=1S/C56H84O6/c1-4-7-10-13-16-19-22-25-26-27-28-29-30-32-34-37-40-43-46-49-55(58)61-52-53(51-60-54(57)48-45-42-39-36-33-24-21-18-15-12-9-6-3)62-56(59)50-47-44-41-38-35-31-23-20-17-14-11-8-5-2/h7-12,14,16-21,23,25-26,28-29,31-36,53H,4-6,13,15,22,24,27,30,37-52H2,1-3H3/b10-7-,11-8-,12-9-,17-14-,19-16-,21-18-,23-20-,26-25-,29-28-,34-32-,35-31-,36-33-. The van der Waals surface area contributed by atoms with E-state index in [-0.39, 0.29) is 44.0 Å². The Kier molecular flexibility index (Phi) is 45.2. The molecule has 6 nitrogen and oxygen atoms in total. The molecule has 1 atom stereocenters. The van der Waals surface area contributed by atoms with Gasteiger partial charge in [-0.3, -0.25) is 14.4 Å². The lowest BCUT2D eigenvalue weighted by atomic mass is 10.1. The Morgan fingerprint density at radius 3 is 1.10 bits per heavy atom. The summed E-state index contributed by atoms with van der Waals surface area (Å²) in [6.45, 7) is 6.13. The quantitative estimate of drug-likeness (QED) is 0.0201. The highest BCUT2D eigenvalue weighted by atomic mass is 16.6. The van der Waals surface area contributed by atoms with Crippen molar-refractivity contribution in [3.8, 4) is 0 Å². The van der Waals surface area contributed by atoms with Crippen LogP contribution in [0.15, 0.2) is 146 Å². The van der Waals surface area contributed by atoms with Gasteiger partial charge in [-0.2, -0.15) is 0 Å². The highest BCUT2D eigenvalue weighted by Gasteiger charge is 2.19. The van der Waals surface area contributed by atoms with Crippen molar-refractivity contribution in [2.24, 2.45) is 0 Å². The molecule has 344 valence electrons. The fourth-order valence-corrected chi connectivity index (χ4v) is 5.67. The molecule has 0 aromatic carbocycles. The summed E-state index contributed by atoms with van der Waals surface area (Å²) in [5.41, 5.74) is 0. The molecule has 0 aliphatic rings. The maximum Gasteiger partial charge on any atom is 0.306 e. The van der Waals surface area contributed by atoms with Gasteiger partial charge in [0.05, 0.1) is 0 Å². The second-order valence-corrected chi connectivity index (χ2v) is 15.0. The minimum atomic E-state index is -0.833. The van der Waals surface area contributed by atoms with Gasteiger partial charge in [-0.05, 0) is 116 Å². The van der Waals surface area contributed by atoms with Gasteiger partial charge in [0.25, 0.3) is 0 Å². The summed E-state index contributed by atoms with van der Waals surface area (Å²) in [6, 6.07) is 0. The van der Waals surface area contributed by atoms with Gasteiger partial charge in [0.1, 0.15) is 13.2 Å². The van der Waals surface area contributed by atoms with Crippen molar-refractivity contribution in [1.29, 1.82) is 0 Å². The molecule has 0 spiro atoms. The van der Waals surface area contributed by atoms with Crippen LogP contribution >= 0.6 is 0 Å². The zero-order chi connectivity index (χ0) is 45.1. The highest BCUT2D eigenvalue weighted by Crippen LogP contribution is 2.10. The van der Waals surface area contributed by atoms with Crippen molar-refractivity contribution in [2.75, 3.05) is 13.2 Å². The van der Waals surface area contributed by atoms with Crippen LogP contribution in [0.25, 0.3) is 0 Å². The molecule has 0 bridgehead atoms. The number of ether oxygens (including phenoxy) is 3. The van der Waals surface area contributed by atoms with Gasteiger partial charge in [-0.15, -0.1) is 0 Å². The Labute approximate surface area is 378 Å². The van der Waals surface area contributed by atoms with Gasteiger partial charge in [-0.1, -0.05) is 179 Å². The van der Waals surface area contributed by atoms with Crippen LogP contribution in [0.4, 0.5) is 0 Å². The summed E-state index contributed by atoms with van der Waals surface area (Å²) >= 11 is 0. The van der Waals surface area contributed by atoms with Crippen LogP contribution in [0.3, 0.4) is 0 Å².